The molecular weight excluding hydrogens is 348 g/mol. The second-order valence-corrected chi connectivity index (χ2v) is 8.35. The van der Waals surface area contributed by atoms with Crippen LogP contribution in [0.1, 0.15) is 51.4 Å². The fourth-order valence-corrected chi connectivity index (χ4v) is 3.86. The van der Waals surface area contributed by atoms with Crippen LogP contribution in [0.25, 0.3) is 0 Å². The zero-order valence-electron chi connectivity index (χ0n) is 12.6. The van der Waals surface area contributed by atoms with Gasteiger partial charge < -0.3 is 0 Å². The summed E-state index contributed by atoms with van der Waals surface area (Å²) in [4.78, 5) is 0.426. The third kappa shape index (κ3) is 7.82. The monoisotopic (exact) mass is 372 g/mol. The third-order valence-corrected chi connectivity index (χ3v) is 5.84. The Morgan fingerprint density at radius 3 is 2.00 bits per heavy atom. The Kier molecular flexibility index (Phi) is 8.93. The number of sulfone groups is 1. The lowest BCUT2D eigenvalue weighted by Crippen LogP contribution is -2.06. The van der Waals surface area contributed by atoms with Crippen molar-refractivity contribution in [3.05, 3.63) is 41.4 Å². The van der Waals surface area contributed by atoms with Crippen LogP contribution in [0.4, 0.5) is 0 Å². The van der Waals surface area contributed by atoms with Crippen LogP contribution in [0, 0.1) is 0 Å². The zero-order valence-corrected chi connectivity index (χ0v) is 15.0. The van der Waals surface area contributed by atoms with Gasteiger partial charge in [-0.2, -0.15) is 0 Å². The number of allylic oxidation sites excluding steroid dienone is 1. The van der Waals surface area contributed by atoms with E-state index in [1.54, 1.807) is 24.3 Å². The summed E-state index contributed by atoms with van der Waals surface area (Å²) in [5, 5.41) is 0. The van der Waals surface area contributed by atoms with Crippen LogP contribution in [0.2, 0.25) is 0 Å². The maximum absolute atomic E-state index is 12.1. The minimum absolute atomic E-state index is 0.255. The summed E-state index contributed by atoms with van der Waals surface area (Å²) < 4.78 is 25.2. The minimum Gasteiger partial charge on any atom is -0.224 e. The summed E-state index contributed by atoms with van der Waals surface area (Å²) in [6.45, 7) is 3.71. The Balaban J connectivity index is 2.17. The largest absolute Gasteiger partial charge is 0.224 e. The van der Waals surface area contributed by atoms with E-state index in [0.717, 1.165) is 30.2 Å². The molecule has 2 nitrogen and oxygen atoms in total. The van der Waals surface area contributed by atoms with Crippen LogP contribution in [-0.4, -0.2) is 14.2 Å². The van der Waals surface area contributed by atoms with Crippen LogP contribution in [0.5, 0.6) is 0 Å². The highest BCUT2D eigenvalue weighted by molar-refractivity contribution is 9.10. The molecule has 0 unspecified atom stereocenters. The average molecular weight is 373 g/mol. The predicted molar refractivity (Wildman–Crippen MR) is 93.3 cm³/mol. The number of hydrogen-bond donors (Lipinski definition) is 0. The summed E-state index contributed by atoms with van der Waals surface area (Å²) in [5.74, 6) is 0.255. The highest BCUT2D eigenvalue weighted by Crippen LogP contribution is 2.17. The molecule has 0 amide bonds. The lowest BCUT2D eigenvalue weighted by atomic mass is 10.1. The minimum atomic E-state index is -3.11. The van der Waals surface area contributed by atoms with Crippen LogP contribution in [0.3, 0.4) is 0 Å². The van der Waals surface area contributed by atoms with Crippen LogP contribution < -0.4 is 0 Å². The van der Waals surface area contributed by atoms with E-state index in [4.69, 9.17) is 0 Å². The van der Waals surface area contributed by atoms with Gasteiger partial charge in [0.2, 0.25) is 0 Å². The molecule has 1 aromatic rings. The SMILES string of the molecule is C=CCCCCCCCCCS(=O)(=O)c1ccc(Br)cc1. The molecule has 0 saturated heterocycles. The van der Waals surface area contributed by atoms with Crippen molar-refractivity contribution in [3.63, 3.8) is 0 Å². The Bertz CT molecular complexity index is 506. The van der Waals surface area contributed by atoms with Gasteiger partial charge in [-0.15, -0.1) is 6.58 Å². The Morgan fingerprint density at radius 1 is 0.905 bits per heavy atom. The molecule has 0 aliphatic rings. The van der Waals surface area contributed by atoms with Crippen molar-refractivity contribution < 1.29 is 8.42 Å². The molecule has 0 spiro atoms. The number of hydrogen-bond acceptors (Lipinski definition) is 2. The van der Waals surface area contributed by atoms with Crippen molar-refractivity contribution in [2.75, 3.05) is 5.75 Å². The first kappa shape index (κ1) is 18.4. The van der Waals surface area contributed by atoms with E-state index in [1.165, 1.54) is 25.7 Å². The number of unbranched alkanes of at least 4 members (excludes halogenated alkanes) is 7. The molecular formula is C17H25BrO2S. The molecule has 0 radical (unpaired) electrons. The van der Waals surface area contributed by atoms with Gasteiger partial charge in [0.25, 0.3) is 0 Å². The molecule has 0 heterocycles. The molecule has 0 saturated carbocycles. The smallest absolute Gasteiger partial charge is 0.178 e. The second kappa shape index (κ2) is 10.2. The standard InChI is InChI=1S/C17H25BrO2S/c1-2-3-4-5-6-7-8-9-10-15-21(19,20)17-13-11-16(18)12-14-17/h2,11-14H,1,3-10,15H2. The molecule has 0 aromatic heterocycles. The van der Waals surface area contributed by atoms with Crippen molar-refractivity contribution in [2.45, 2.75) is 56.3 Å². The van der Waals surface area contributed by atoms with E-state index >= 15 is 0 Å². The molecule has 4 heteroatoms. The fourth-order valence-electron chi connectivity index (χ4n) is 2.22. The lowest BCUT2D eigenvalue weighted by molar-refractivity contribution is 0.575. The van der Waals surface area contributed by atoms with Gasteiger partial charge in [-0.1, -0.05) is 54.1 Å². The predicted octanol–water partition coefficient (Wildman–Crippen LogP) is 5.53. The van der Waals surface area contributed by atoms with Gasteiger partial charge in [0.1, 0.15) is 0 Å². The molecule has 1 rings (SSSR count). The van der Waals surface area contributed by atoms with Gasteiger partial charge in [-0.05, 0) is 43.5 Å². The normalized spacial score (nSPS) is 11.5. The lowest BCUT2D eigenvalue weighted by Gasteiger charge is -2.05. The number of halogens is 1. The van der Waals surface area contributed by atoms with Gasteiger partial charge in [0.05, 0.1) is 10.6 Å². The van der Waals surface area contributed by atoms with Crippen LogP contribution >= 0.6 is 15.9 Å². The van der Waals surface area contributed by atoms with Crippen molar-refractivity contribution >= 4 is 25.8 Å². The molecule has 118 valence electrons. The van der Waals surface area contributed by atoms with E-state index in [0.29, 0.717) is 4.90 Å². The maximum Gasteiger partial charge on any atom is 0.178 e. The van der Waals surface area contributed by atoms with E-state index < -0.39 is 9.84 Å². The summed E-state index contributed by atoms with van der Waals surface area (Å²) >= 11 is 3.32. The fraction of sp³-hybridized carbons (Fsp3) is 0.529. The highest BCUT2D eigenvalue weighted by Gasteiger charge is 2.13. The van der Waals surface area contributed by atoms with Crippen molar-refractivity contribution in [3.8, 4) is 0 Å². The van der Waals surface area contributed by atoms with Gasteiger partial charge in [0.15, 0.2) is 9.84 Å². The Morgan fingerprint density at radius 2 is 1.43 bits per heavy atom. The molecule has 0 fully saturated rings. The first-order valence-corrected chi connectivity index (χ1v) is 10.1. The molecule has 0 N–H and O–H groups in total. The maximum atomic E-state index is 12.1. The summed E-state index contributed by atoms with van der Waals surface area (Å²) in [5.41, 5.74) is 0. The topological polar surface area (TPSA) is 34.1 Å². The third-order valence-electron chi connectivity index (χ3n) is 3.49. The number of rotatable bonds is 11. The first-order chi connectivity index (χ1) is 10.1. The molecule has 0 atom stereocenters. The van der Waals surface area contributed by atoms with Gasteiger partial charge >= 0.3 is 0 Å². The highest BCUT2D eigenvalue weighted by atomic mass is 79.9. The quantitative estimate of drug-likeness (QED) is 0.378. The van der Waals surface area contributed by atoms with Gasteiger partial charge in [0, 0.05) is 4.47 Å². The molecule has 0 bridgehead atoms. The Hall–Kier alpha value is -0.610. The first-order valence-electron chi connectivity index (χ1n) is 7.65. The van der Waals surface area contributed by atoms with Crippen molar-refractivity contribution in [2.24, 2.45) is 0 Å². The Labute approximate surface area is 137 Å². The zero-order chi connectivity index (χ0) is 15.6. The molecule has 0 aliphatic carbocycles. The van der Waals surface area contributed by atoms with Crippen molar-refractivity contribution in [1.82, 2.24) is 0 Å². The van der Waals surface area contributed by atoms with Crippen LogP contribution in [0.15, 0.2) is 46.3 Å². The molecule has 1 aromatic carbocycles. The van der Waals surface area contributed by atoms with E-state index in [9.17, 15) is 8.42 Å². The summed E-state index contributed by atoms with van der Waals surface area (Å²) in [6, 6.07) is 6.88. The average Bonchev–Trinajstić information content (AvgIpc) is 2.46. The van der Waals surface area contributed by atoms with E-state index in [2.05, 4.69) is 22.5 Å². The van der Waals surface area contributed by atoms with Crippen molar-refractivity contribution in [1.29, 1.82) is 0 Å². The molecule has 21 heavy (non-hydrogen) atoms. The number of benzene rings is 1. The summed E-state index contributed by atoms with van der Waals surface area (Å²) in [7, 11) is -3.11. The van der Waals surface area contributed by atoms with Gasteiger partial charge in [-0.3, -0.25) is 0 Å². The van der Waals surface area contributed by atoms with Gasteiger partial charge in [-0.25, -0.2) is 8.42 Å². The molecule has 0 aliphatic heterocycles. The summed E-state index contributed by atoms with van der Waals surface area (Å²) in [6.07, 6.45) is 10.9. The second-order valence-electron chi connectivity index (χ2n) is 5.33. The van der Waals surface area contributed by atoms with E-state index in [-0.39, 0.29) is 5.75 Å². The van der Waals surface area contributed by atoms with Crippen LogP contribution in [-0.2, 0) is 9.84 Å². The van der Waals surface area contributed by atoms with E-state index in [1.807, 2.05) is 6.08 Å².